The predicted molar refractivity (Wildman–Crippen MR) is 57.8 cm³/mol. The van der Waals surface area contributed by atoms with E-state index in [1.807, 2.05) is 0 Å². The molecule has 1 aromatic heterocycles. The van der Waals surface area contributed by atoms with Crippen molar-refractivity contribution in [2.75, 3.05) is 18.4 Å². The van der Waals surface area contributed by atoms with Gasteiger partial charge in [-0.2, -0.15) is 18.3 Å². The Morgan fingerprint density at radius 2 is 2.33 bits per heavy atom. The fraction of sp³-hybridized carbons (Fsp3) is 0.600. The summed E-state index contributed by atoms with van der Waals surface area (Å²) in [5, 5.41) is 8.66. The molecule has 1 unspecified atom stereocenters. The van der Waals surface area contributed by atoms with E-state index in [1.54, 1.807) is 7.05 Å². The molecule has 18 heavy (non-hydrogen) atoms. The predicted octanol–water partition coefficient (Wildman–Crippen LogP) is 0.901. The number of rotatable bonds is 2. The molecule has 2 heterocycles. The third-order valence-electron chi connectivity index (χ3n) is 3.20. The Morgan fingerprint density at radius 1 is 1.61 bits per heavy atom. The molecule has 1 aromatic rings. The second-order valence-electron chi connectivity index (χ2n) is 4.30. The maximum Gasteiger partial charge on any atom is 0.404 e. The van der Waals surface area contributed by atoms with Crippen molar-refractivity contribution in [3.05, 3.63) is 12.3 Å². The van der Waals surface area contributed by atoms with Crippen LogP contribution >= 0.6 is 0 Å². The van der Waals surface area contributed by atoms with Gasteiger partial charge in [0.15, 0.2) is 5.41 Å². The molecule has 0 aromatic carbocycles. The second-order valence-corrected chi connectivity index (χ2v) is 4.30. The largest absolute Gasteiger partial charge is 0.404 e. The normalized spacial score (nSPS) is 24.2. The number of aryl methyl sites for hydroxylation is 1. The number of hydrogen-bond acceptors (Lipinski definition) is 3. The first-order valence-electron chi connectivity index (χ1n) is 5.44. The van der Waals surface area contributed by atoms with Gasteiger partial charge in [0.1, 0.15) is 5.82 Å². The van der Waals surface area contributed by atoms with Gasteiger partial charge in [-0.1, -0.05) is 0 Å². The third-order valence-corrected chi connectivity index (χ3v) is 3.20. The zero-order chi connectivity index (χ0) is 13.4. The monoisotopic (exact) mass is 262 g/mol. The minimum Gasteiger partial charge on any atom is -0.315 e. The van der Waals surface area contributed by atoms with Crippen molar-refractivity contribution in [3.63, 3.8) is 0 Å². The van der Waals surface area contributed by atoms with Gasteiger partial charge < -0.3 is 10.6 Å². The van der Waals surface area contributed by atoms with Gasteiger partial charge in [0, 0.05) is 19.7 Å². The first-order valence-corrected chi connectivity index (χ1v) is 5.44. The molecule has 2 rings (SSSR count). The van der Waals surface area contributed by atoms with E-state index in [0.717, 1.165) is 0 Å². The highest BCUT2D eigenvalue weighted by Crippen LogP contribution is 2.43. The van der Waals surface area contributed by atoms with Gasteiger partial charge in [0.25, 0.3) is 0 Å². The summed E-state index contributed by atoms with van der Waals surface area (Å²) in [5.41, 5.74) is -2.35. The number of hydrogen-bond donors (Lipinski definition) is 2. The van der Waals surface area contributed by atoms with Gasteiger partial charge in [-0.25, -0.2) is 0 Å². The summed E-state index contributed by atoms with van der Waals surface area (Å²) in [6.45, 7) is -0.210. The van der Waals surface area contributed by atoms with Crippen LogP contribution in [-0.2, 0) is 11.8 Å². The first kappa shape index (κ1) is 12.9. The van der Waals surface area contributed by atoms with Crippen LogP contribution in [0.2, 0.25) is 0 Å². The minimum atomic E-state index is -4.57. The van der Waals surface area contributed by atoms with E-state index in [4.69, 9.17) is 0 Å². The van der Waals surface area contributed by atoms with Crippen molar-refractivity contribution in [3.8, 4) is 0 Å². The average molecular weight is 262 g/mol. The lowest BCUT2D eigenvalue weighted by Crippen LogP contribution is -2.49. The van der Waals surface area contributed by atoms with Crippen molar-refractivity contribution < 1.29 is 18.0 Å². The van der Waals surface area contributed by atoms with Crippen LogP contribution in [0.4, 0.5) is 19.0 Å². The van der Waals surface area contributed by atoms with Crippen molar-refractivity contribution >= 4 is 11.7 Å². The van der Waals surface area contributed by atoms with Crippen LogP contribution < -0.4 is 10.6 Å². The molecule has 0 spiro atoms. The molecular weight excluding hydrogens is 249 g/mol. The minimum absolute atomic E-state index is 0.179. The quantitative estimate of drug-likeness (QED) is 0.832. The molecule has 2 N–H and O–H groups in total. The fourth-order valence-electron chi connectivity index (χ4n) is 1.99. The Labute approximate surface area is 101 Å². The lowest BCUT2D eigenvalue weighted by atomic mass is 9.85. The molecule has 1 atom stereocenters. The van der Waals surface area contributed by atoms with Crippen molar-refractivity contribution in [2.24, 2.45) is 12.5 Å². The molecule has 0 aliphatic carbocycles. The average Bonchev–Trinajstić information content (AvgIpc) is 2.87. The number of aromatic nitrogens is 2. The summed E-state index contributed by atoms with van der Waals surface area (Å²) in [5.74, 6) is -0.792. The Hall–Kier alpha value is -1.57. The summed E-state index contributed by atoms with van der Waals surface area (Å²) in [7, 11) is 1.54. The maximum atomic E-state index is 13.1. The molecule has 100 valence electrons. The Morgan fingerprint density at radius 3 is 2.78 bits per heavy atom. The summed E-state index contributed by atoms with van der Waals surface area (Å²) in [6.07, 6.45) is -3.41. The molecule has 1 aliphatic rings. The van der Waals surface area contributed by atoms with Gasteiger partial charge >= 0.3 is 6.18 Å². The molecule has 0 bridgehead atoms. The number of alkyl halides is 3. The number of nitrogens with zero attached hydrogens (tertiary/aromatic N) is 2. The highest BCUT2D eigenvalue weighted by atomic mass is 19.4. The molecule has 1 amide bonds. The van der Waals surface area contributed by atoms with E-state index in [0.29, 0.717) is 0 Å². The van der Waals surface area contributed by atoms with Gasteiger partial charge in [0.05, 0.1) is 6.20 Å². The molecule has 5 nitrogen and oxygen atoms in total. The molecule has 1 saturated heterocycles. The van der Waals surface area contributed by atoms with Crippen LogP contribution in [0.5, 0.6) is 0 Å². The van der Waals surface area contributed by atoms with E-state index < -0.39 is 17.5 Å². The molecule has 0 radical (unpaired) electrons. The van der Waals surface area contributed by atoms with E-state index in [2.05, 4.69) is 15.7 Å². The standard InChI is InChI=1S/C10H13F3N4O/c1-17-7(2-4-15-17)16-8(18)9(10(11,12)13)3-5-14-6-9/h2,4,14H,3,5-6H2,1H3,(H,16,18). The Bertz CT molecular complexity index is 448. The summed E-state index contributed by atoms with van der Waals surface area (Å²) < 4.78 is 40.5. The van der Waals surface area contributed by atoms with Gasteiger partial charge in [-0.3, -0.25) is 9.48 Å². The molecule has 8 heteroatoms. The van der Waals surface area contributed by atoms with Crippen LogP contribution in [0.1, 0.15) is 6.42 Å². The van der Waals surface area contributed by atoms with E-state index >= 15 is 0 Å². The Kier molecular flexibility index (Phi) is 3.05. The fourth-order valence-corrected chi connectivity index (χ4v) is 1.99. The van der Waals surface area contributed by atoms with E-state index in [1.165, 1.54) is 16.9 Å². The van der Waals surface area contributed by atoms with Crippen molar-refractivity contribution in [2.45, 2.75) is 12.6 Å². The van der Waals surface area contributed by atoms with Crippen molar-refractivity contribution in [1.29, 1.82) is 0 Å². The topological polar surface area (TPSA) is 59.0 Å². The Balaban J connectivity index is 2.23. The third kappa shape index (κ3) is 1.96. The van der Waals surface area contributed by atoms with Crippen LogP contribution in [0.25, 0.3) is 0 Å². The summed E-state index contributed by atoms with van der Waals surface area (Å²) in [6, 6.07) is 1.45. The highest BCUT2D eigenvalue weighted by molar-refractivity contribution is 5.95. The van der Waals surface area contributed by atoms with Crippen LogP contribution in [0, 0.1) is 5.41 Å². The van der Waals surface area contributed by atoms with Gasteiger partial charge in [-0.15, -0.1) is 0 Å². The van der Waals surface area contributed by atoms with Gasteiger partial charge in [0.2, 0.25) is 5.91 Å². The SMILES string of the molecule is Cn1nccc1NC(=O)C1(C(F)(F)F)CCNC1. The number of halogens is 3. The second kappa shape index (κ2) is 4.27. The number of anilines is 1. The molecule has 0 saturated carbocycles. The van der Waals surface area contributed by atoms with Crippen LogP contribution in [0.15, 0.2) is 12.3 Å². The smallest absolute Gasteiger partial charge is 0.315 e. The zero-order valence-electron chi connectivity index (χ0n) is 9.71. The molecule has 1 aliphatic heterocycles. The maximum absolute atomic E-state index is 13.1. The van der Waals surface area contributed by atoms with Crippen LogP contribution in [0.3, 0.4) is 0 Å². The van der Waals surface area contributed by atoms with Crippen molar-refractivity contribution in [1.82, 2.24) is 15.1 Å². The number of carbonyl (C=O) groups excluding carboxylic acids is 1. The molecular formula is C10H13F3N4O. The number of nitrogens with one attached hydrogen (secondary N) is 2. The number of amides is 1. The highest BCUT2D eigenvalue weighted by Gasteiger charge is 2.61. The first-order chi connectivity index (χ1) is 8.37. The lowest BCUT2D eigenvalue weighted by Gasteiger charge is -2.29. The lowest BCUT2D eigenvalue weighted by molar-refractivity contribution is -0.213. The number of carbonyl (C=O) groups is 1. The zero-order valence-corrected chi connectivity index (χ0v) is 9.71. The van der Waals surface area contributed by atoms with E-state index in [9.17, 15) is 18.0 Å². The molecule has 1 fully saturated rings. The summed E-state index contributed by atoms with van der Waals surface area (Å²) >= 11 is 0. The summed E-state index contributed by atoms with van der Waals surface area (Å²) in [4.78, 5) is 11.9. The van der Waals surface area contributed by atoms with Crippen LogP contribution in [-0.4, -0.2) is 35.0 Å². The van der Waals surface area contributed by atoms with E-state index in [-0.39, 0.29) is 25.3 Å². The van der Waals surface area contributed by atoms with Gasteiger partial charge in [-0.05, 0) is 13.0 Å².